The van der Waals surface area contributed by atoms with Crippen LogP contribution >= 0.6 is 0 Å². The highest BCUT2D eigenvalue weighted by molar-refractivity contribution is 5.83. The Bertz CT molecular complexity index is 1520. The van der Waals surface area contributed by atoms with Crippen LogP contribution in [0.25, 0.3) is 22.4 Å². The molecule has 0 aliphatic heterocycles. The van der Waals surface area contributed by atoms with Crippen LogP contribution < -0.4 is 4.90 Å². The first-order valence-electron chi connectivity index (χ1n) is 10.9. The van der Waals surface area contributed by atoms with Crippen LogP contribution in [0.3, 0.4) is 0 Å². The molecule has 3 aromatic heterocycles. The summed E-state index contributed by atoms with van der Waals surface area (Å²) in [6.07, 6.45) is 5.78. The van der Waals surface area contributed by atoms with E-state index in [1.165, 1.54) is 10.9 Å². The number of fused-ring (bicyclic) bond motifs is 1. The minimum Gasteiger partial charge on any atom is -0.316 e. The van der Waals surface area contributed by atoms with Gasteiger partial charge < -0.3 is 4.57 Å². The molecular formula is C28H21N5. The van der Waals surface area contributed by atoms with Gasteiger partial charge in [-0.15, -0.1) is 0 Å². The van der Waals surface area contributed by atoms with Crippen molar-refractivity contribution in [3.63, 3.8) is 0 Å². The summed E-state index contributed by atoms with van der Waals surface area (Å²) in [5.41, 5.74) is 4.34. The van der Waals surface area contributed by atoms with Crippen molar-refractivity contribution in [2.75, 3.05) is 4.90 Å². The predicted molar refractivity (Wildman–Crippen MR) is 133 cm³/mol. The number of nitrogens with zero attached hydrogens (tertiary/aromatic N) is 5. The van der Waals surface area contributed by atoms with Crippen LogP contribution in [-0.2, 0) is 0 Å². The van der Waals surface area contributed by atoms with E-state index >= 15 is 0 Å². The molecule has 0 bridgehead atoms. The van der Waals surface area contributed by atoms with Gasteiger partial charge in [0.15, 0.2) is 5.82 Å². The van der Waals surface area contributed by atoms with Crippen molar-refractivity contribution >= 4 is 28.1 Å². The lowest BCUT2D eigenvalue weighted by atomic mass is 10.2. The van der Waals surface area contributed by atoms with Gasteiger partial charge in [0, 0.05) is 35.7 Å². The Morgan fingerprint density at radius 3 is 2.33 bits per heavy atom. The largest absolute Gasteiger partial charge is 0.316 e. The number of anilines is 3. The topological polar surface area (TPSA) is 38.9 Å². The normalized spacial score (nSPS) is 11.0. The Balaban J connectivity index is 1.50. The molecule has 6 aromatic rings. The van der Waals surface area contributed by atoms with Gasteiger partial charge in [-0.3, -0.25) is 4.90 Å². The van der Waals surface area contributed by atoms with E-state index in [2.05, 4.69) is 87.5 Å². The Morgan fingerprint density at radius 1 is 0.636 bits per heavy atom. The summed E-state index contributed by atoms with van der Waals surface area (Å²) in [6.45, 7) is 0. The Kier molecular flexibility index (Phi) is 4.70. The number of para-hydroxylation sites is 2. The van der Waals surface area contributed by atoms with E-state index in [4.69, 9.17) is 4.98 Å². The van der Waals surface area contributed by atoms with Gasteiger partial charge in [0.05, 0.1) is 5.52 Å². The van der Waals surface area contributed by atoms with Gasteiger partial charge in [-0.1, -0.05) is 48.5 Å². The fraction of sp³-hybridized carbons (Fsp3) is 0. The second-order valence-corrected chi connectivity index (χ2v) is 7.74. The number of benzene rings is 3. The molecule has 0 saturated heterocycles. The molecule has 0 fully saturated rings. The van der Waals surface area contributed by atoms with E-state index in [9.17, 15) is 0 Å². The minimum atomic E-state index is 0.769. The van der Waals surface area contributed by atoms with Crippen molar-refractivity contribution in [3.8, 4) is 11.5 Å². The van der Waals surface area contributed by atoms with Crippen LogP contribution in [0, 0.1) is 0 Å². The van der Waals surface area contributed by atoms with Crippen LogP contribution in [0.4, 0.5) is 17.2 Å². The van der Waals surface area contributed by atoms with Gasteiger partial charge in [0.25, 0.3) is 0 Å². The first kappa shape index (κ1) is 19.1. The SMILES string of the molecule is c1ccc(N(c2cccc(-n3ccc4ccccc43)c2)c2cccc(-n3cccn3)n2)cc1. The van der Waals surface area contributed by atoms with Gasteiger partial charge >= 0.3 is 0 Å². The Morgan fingerprint density at radius 2 is 1.45 bits per heavy atom. The van der Waals surface area contributed by atoms with Gasteiger partial charge in [0.1, 0.15) is 5.82 Å². The number of aromatic nitrogens is 4. The average molecular weight is 428 g/mol. The second-order valence-electron chi connectivity index (χ2n) is 7.74. The Labute approximate surface area is 191 Å². The molecule has 0 spiro atoms. The monoisotopic (exact) mass is 427 g/mol. The summed E-state index contributed by atoms with van der Waals surface area (Å²) < 4.78 is 3.99. The van der Waals surface area contributed by atoms with E-state index < -0.39 is 0 Å². The number of hydrogen-bond acceptors (Lipinski definition) is 3. The molecule has 0 amide bonds. The fourth-order valence-electron chi connectivity index (χ4n) is 4.15. The van der Waals surface area contributed by atoms with E-state index in [-0.39, 0.29) is 0 Å². The zero-order valence-corrected chi connectivity index (χ0v) is 17.9. The summed E-state index contributed by atoms with van der Waals surface area (Å²) >= 11 is 0. The third-order valence-electron chi connectivity index (χ3n) is 5.67. The zero-order valence-electron chi connectivity index (χ0n) is 17.9. The van der Waals surface area contributed by atoms with E-state index in [0.29, 0.717) is 0 Å². The van der Waals surface area contributed by atoms with Crippen LogP contribution in [0.2, 0.25) is 0 Å². The molecule has 3 heterocycles. The van der Waals surface area contributed by atoms with Gasteiger partial charge in [-0.05, 0) is 66.0 Å². The van der Waals surface area contributed by atoms with Gasteiger partial charge in [-0.2, -0.15) is 5.10 Å². The van der Waals surface area contributed by atoms with Crippen LogP contribution in [-0.4, -0.2) is 19.3 Å². The van der Waals surface area contributed by atoms with Crippen LogP contribution in [0.1, 0.15) is 0 Å². The first-order valence-corrected chi connectivity index (χ1v) is 10.9. The highest BCUT2D eigenvalue weighted by atomic mass is 15.3. The van der Waals surface area contributed by atoms with Crippen LogP contribution in [0.5, 0.6) is 0 Å². The van der Waals surface area contributed by atoms with E-state index in [1.54, 1.807) is 10.9 Å². The first-order chi connectivity index (χ1) is 16.4. The van der Waals surface area contributed by atoms with Crippen molar-refractivity contribution < 1.29 is 0 Å². The third kappa shape index (κ3) is 3.55. The minimum absolute atomic E-state index is 0.769. The maximum absolute atomic E-state index is 4.93. The summed E-state index contributed by atoms with van der Waals surface area (Å²) in [6, 6.07) is 37.3. The van der Waals surface area contributed by atoms with Gasteiger partial charge in [0.2, 0.25) is 0 Å². The maximum atomic E-state index is 4.93. The smallest absolute Gasteiger partial charge is 0.155 e. The molecule has 5 nitrogen and oxygen atoms in total. The molecule has 0 aliphatic rings. The molecule has 33 heavy (non-hydrogen) atoms. The molecule has 0 atom stereocenters. The van der Waals surface area contributed by atoms with Gasteiger partial charge in [-0.25, -0.2) is 9.67 Å². The highest BCUT2D eigenvalue weighted by Gasteiger charge is 2.15. The molecule has 0 aliphatic carbocycles. The molecule has 0 unspecified atom stereocenters. The zero-order chi connectivity index (χ0) is 22.0. The van der Waals surface area contributed by atoms with Crippen LogP contribution in [0.15, 0.2) is 128 Å². The van der Waals surface area contributed by atoms with Crippen molar-refractivity contribution in [1.82, 2.24) is 19.3 Å². The van der Waals surface area contributed by atoms with Crippen molar-refractivity contribution in [3.05, 3.63) is 128 Å². The lowest BCUT2D eigenvalue weighted by Crippen LogP contribution is -2.13. The van der Waals surface area contributed by atoms with E-state index in [1.807, 2.05) is 48.7 Å². The summed E-state index contributed by atoms with van der Waals surface area (Å²) in [7, 11) is 0. The van der Waals surface area contributed by atoms with E-state index in [0.717, 1.165) is 28.7 Å². The molecular weight excluding hydrogens is 406 g/mol. The quantitative estimate of drug-likeness (QED) is 0.308. The third-order valence-corrected chi connectivity index (χ3v) is 5.67. The summed E-state index contributed by atoms with van der Waals surface area (Å²) in [5.74, 6) is 1.59. The fourth-order valence-corrected chi connectivity index (χ4v) is 4.15. The maximum Gasteiger partial charge on any atom is 0.155 e. The molecule has 0 radical (unpaired) electrons. The van der Waals surface area contributed by atoms with Crippen molar-refractivity contribution in [2.24, 2.45) is 0 Å². The number of rotatable bonds is 5. The highest BCUT2D eigenvalue weighted by Crippen LogP contribution is 2.35. The number of pyridine rings is 1. The molecule has 158 valence electrons. The predicted octanol–water partition coefficient (Wildman–Crippen LogP) is 6.68. The van der Waals surface area contributed by atoms with Crippen molar-refractivity contribution in [1.29, 1.82) is 0 Å². The number of hydrogen-bond donors (Lipinski definition) is 0. The lowest BCUT2D eigenvalue weighted by molar-refractivity contribution is 0.846. The molecule has 0 saturated carbocycles. The summed E-state index contributed by atoms with van der Waals surface area (Å²) in [5, 5.41) is 5.56. The standard InChI is InChI=1S/C28H21N5/c1-2-10-23(11-3-1)33(28-16-7-15-27(30-28)32-19-8-18-29-32)25-13-6-12-24(21-25)31-20-17-22-9-4-5-14-26(22)31/h1-21H. The molecule has 6 rings (SSSR count). The lowest BCUT2D eigenvalue weighted by Gasteiger charge is -2.25. The molecule has 0 N–H and O–H groups in total. The summed E-state index contributed by atoms with van der Waals surface area (Å²) in [4.78, 5) is 7.10. The second kappa shape index (κ2) is 8.13. The Hall–Kier alpha value is -4.64. The van der Waals surface area contributed by atoms with Crippen molar-refractivity contribution in [2.45, 2.75) is 0 Å². The molecule has 3 aromatic carbocycles. The average Bonchev–Trinajstić information content (AvgIpc) is 3.56. The molecule has 5 heteroatoms.